The molecule has 15 heavy (non-hydrogen) atoms. The summed E-state index contributed by atoms with van der Waals surface area (Å²) in [6, 6.07) is 10.1. The van der Waals surface area contributed by atoms with Crippen molar-refractivity contribution in [3.63, 3.8) is 0 Å². The lowest BCUT2D eigenvalue weighted by molar-refractivity contribution is 1.27. The molecular formula is C11H6Br3N. The minimum absolute atomic E-state index is 0.846. The lowest BCUT2D eigenvalue weighted by atomic mass is 10.1. The summed E-state index contributed by atoms with van der Waals surface area (Å²) in [6.45, 7) is 0. The number of hydrogen-bond donors (Lipinski definition) is 0. The summed E-state index contributed by atoms with van der Waals surface area (Å²) in [7, 11) is 0. The topological polar surface area (TPSA) is 12.9 Å². The van der Waals surface area contributed by atoms with Crippen molar-refractivity contribution in [2.75, 3.05) is 0 Å². The molecule has 1 aromatic carbocycles. The Labute approximate surface area is 113 Å². The highest BCUT2D eigenvalue weighted by atomic mass is 79.9. The van der Waals surface area contributed by atoms with Gasteiger partial charge in [-0.2, -0.15) is 0 Å². The van der Waals surface area contributed by atoms with Crippen molar-refractivity contribution in [3.8, 4) is 11.1 Å². The van der Waals surface area contributed by atoms with E-state index in [1.807, 2.05) is 18.2 Å². The van der Waals surface area contributed by atoms with Crippen LogP contribution >= 0.6 is 47.8 Å². The number of halogens is 3. The van der Waals surface area contributed by atoms with Gasteiger partial charge >= 0.3 is 0 Å². The van der Waals surface area contributed by atoms with E-state index in [1.54, 1.807) is 6.20 Å². The van der Waals surface area contributed by atoms with Crippen molar-refractivity contribution in [3.05, 3.63) is 50.1 Å². The zero-order chi connectivity index (χ0) is 10.8. The third kappa shape index (κ3) is 2.49. The van der Waals surface area contributed by atoms with Crippen LogP contribution in [0.15, 0.2) is 50.1 Å². The first-order valence-electron chi connectivity index (χ1n) is 4.24. The molecule has 2 aromatic rings. The van der Waals surface area contributed by atoms with Crippen LogP contribution < -0.4 is 0 Å². The predicted molar refractivity (Wildman–Crippen MR) is 72.8 cm³/mol. The fourth-order valence-electron chi connectivity index (χ4n) is 1.29. The van der Waals surface area contributed by atoms with Crippen molar-refractivity contribution in [2.45, 2.75) is 0 Å². The molecule has 0 amide bonds. The van der Waals surface area contributed by atoms with Crippen LogP contribution in [0.25, 0.3) is 11.1 Å². The van der Waals surface area contributed by atoms with Gasteiger partial charge in [0, 0.05) is 20.7 Å². The predicted octanol–water partition coefficient (Wildman–Crippen LogP) is 5.04. The maximum atomic E-state index is 4.21. The zero-order valence-electron chi connectivity index (χ0n) is 7.55. The molecule has 0 N–H and O–H groups in total. The SMILES string of the molecule is Brc1ccc(-c2c(Br)ccnc2Br)cc1. The van der Waals surface area contributed by atoms with Gasteiger partial charge in [-0.05, 0) is 55.6 Å². The van der Waals surface area contributed by atoms with Gasteiger partial charge in [0.25, 0.3) is 0 Å². The zero-order valence-corrected chi connectivity index (χ0v) is 12.3. The molecule has 2 rings (SSSR count). The third-order valence-electron chi connectivity index (χ3n) is 1.99. The first-order valence-corrected chi connectivity index (χ1v) is 6.62. The molecule has 0 aliphatic rings. The first-order chi connectivity index (χ1) is 7.18. The summed E-state index contributed by atoms with van der Waals surface area (Å²) in [5.74, 6) is 0. The Morgan fingerprint density at radius 1 is 0.867 bits per heavy atom. The molecule has 0 bridgehead atoms. The third-order valence-corrected chi connectivity index (χ3v) is 3.78. The number of hydrogen-bond acceptors (Lipinski definition) is 1. The maximum absolute atomic E-state index is 4.21. The molecule has 0 saturated carbocycles. The van der Waals surface area contributed by atoms with E-state index >= 15 is 0 Å². The fourth-order valence-corrected chi connectivity index (χ4v) is 2.91. The highest BCUT2D eigenvalue weighted by Gasteiger charge is 2.07. The first kappa shape index (κ1) is 11.3. The Kier molecular flexibility index (Phi) is 3.59. The molecule has 0 fully saturated rings. The summed E-state index contributed by atoms with van der Waals surface area (Å²) < 4.78 is 2.95. The van der Waals surface area contributed by atoms with Gasteiger partial charge in [0.2, 0.25) is 0 Å². The van der Waals surface area contributed by atoms with Crippen LogP contribution in [0.5, 0.6) is 0 Å². The monoisotopic (exact) mass is 389 g/mol. The Balaban J connectivity index is 2.58. The summed E-state index contributed by atoms with van der Waals surface area (Å²) >= 11 is 10.4. The second-order valence-corrected chi connectivity index (χ2v) is 5.49. The lowest BCUT2D eigenvalue weighted by Gasteiger charge is -2.06. The van der Waals surface area contributed by atoms with Crippen molar-refractivity contribution in [1.82, 2.24) is 4.98 Å². The van der Waals surface area contributed by atoms with E-state index in [2.05, 4.69) is 64.9 Å². The highest BCUT2D eigenvalue weighted by molar-refractivity contribution is 9.11. The van der Waals surface area contributed by atoms with E-state index in [4.69, 9.17) is 0 Å². The van der Waals surface area contributed by atoms with E-state index in [0.29, 0.717) is 0 Å². The maximum Gasteiger partial charge on any atom is 0.115 e. The Morgan fingerprint density at radius 3 is 2.13 bits per heavy atom. The molecule has 1 aromatic heterocycles. The van der Waals surface area contributed by atoms with Crippen LogP contribution in [0, 0.1) is 0 Å². The molecule has 0 saturated heterocycles. The average Bonchev–Trinajstić information content (AvgIpc) is 2.20. The van der Waals surface area contributed by atoms with E-state index in [1.165, 1.54) is 0 Å². The second-order valence-electron chi connectivity index (χ2n) is 2.97. The molecule has 1 nitrogen and oxygen atoms in total. The molecule has 0 spiro atoms. The average molecular weight is 392 g/mol. The van der Waals surface area contributed by atoms with Gasteiger partial charge < -0.3 is 0 Å². The van der Waals surface area contributed by atoms with Crippen molar-refractivity contribution < 1.29 is 0 Å². The van der Waals surface area contributed by atoms with Gasteiger partial charge in [-0.15, -0.1) is 0 Å². The van der Waals surface area contributed by atoms with Gasteiger partial charge in [-0.25, -0.2) is 4.98 Å². The van der Waals surface area contributed by atoms with Crippen LogP contribution in [0.3, 0.4) is 0 Å². The number of rotatable bonds is 1. The van der Waals surface area contributed by atoms with Gasteiger partial charge in [0.05, 0.1) is 0 Å². The van der Waals surface area contributed by atoms with E-state index in [0.717, 1.165) is 24.7 Å². The molecule has 0 aliphatic heterocycles. The van der Waals surface area contributed by atoms with Gasteiger partial charge in [-0.3, -0.25) is 0 Å². The fraction of sp³-hybridized carbons (Fsp3) is 0. The Bertz CT molecular complexity index is 459. The summed E-state index contributed by atoms with van der Waals surface area (Å²) in [6.07, 6.45) is 1.76. The number of nitrogens with zero attached hydrogens (tertiary/aromatic N) is 1. The van der Waals surface area contributed by atoms with Crippen LogP contribution in [0.2, 0.25) is 0 Å². The second kappa shape index (κ2) is 4.76. The highest BCUT2D eigenvalue weighted by Crippen LogP contribution is 2.33. The minimum atomic E-state index is 0.846. The van der Waals surface area contributed by atoms with Crippen LogP contribution in [-0.4, -0.2) is 4.98 Å². The summed E-state index contributed by atoms with van der Waals surface area (Å²) in [4.78, 5) is 4.21. The van der Waals surface area contributed by atoms with Gasteiger partial charge in [0.1, 0.15) is 4.60 Å². The minimum Gasteiger partial charge on any atom is -0.249 e. The molecule has 76 valence electrons. The van der Waals surface area contributed by atoms with Gasteiger partial charge in [0.15, 0.2) is 0 Å². The van der Waals surface area contributed by atoms with Crippen LogP contribution in [-0.2, 0) is 0 Å². The largest absolute Gasteiger partial charge is 0.249 e. The van der Waals surface area contributed by atoms with E-state index < -0.39 is 0 Å². The normalized spacial score (nSPS) is 10.3. The Morgan fingerprint density at radius 2 is 1.53 bits per heavy atom. The molecular weight excluding hydrogens is 386 g/mol. The lowest BCUT2D eigenvalue weighted by Crippen LogP contribution is -1.84. The quantitative estimate of drug-likeness (QED) is 0.621. The van der Waals surface area contributed by atoms with Crippen LogP contribution in [0.1, 0.15) is 0 Å². The molecule has 0 radical (unpaired) electrons. The number of aromatic nitrogens is 1. The molecule has 0 atom stereocenters. The van der Waals surface area contributed by atoms with E-state index in [9.17, 15) is 0 Å². The van der Waals surface area contributed by atoms with Crippen LogP contribution in [0.4, 0.5) is 0 Å². The van der Waals surface area contributed by atoms with Crippen molar-refractivity contribution in [2.24, 2.45) is 0 Å². The van der Waals surface area contributed by atoms with Gasteiger partial charge in [-0.1, -0.05) is 28.1 Å². The van der Waals surface area contributed by atoms with Crippen molar-refractivity contribution in [1.29, 1.82) is 0 Å². The molecule has 0 unspecified atom stereocenters. The van der Waals surface area contributed by atoms with Crippen molar-refractivity contribution >= 4 is 47.8 Å². The summed E-state index contributed by atoms with van der Waals surface area (Å²) in [5, 5.41) is 0. The summed E-state index contributed by atoms with van der Waals surface area (Å²) in [5.41, 5.74) is 2.20. The standard InChI is InChI=1S/C11H6Br3N/c12-8-3-1-7(2-4-8)10-9(13)5-6-15-11(10)14/h1-6H. The van der Waals surface area contributed by atoms with E-state index in [-0.39, 0.29) is 0 Å². The smallest absolute Gasteiger partial charge is 0.115 e. The number of benzene rings is 1. The Hall–Kier alpha value is -0.190. The molecule has 0 aliphatic carbocycles. The molecule has 1 heterocycles. The molecule has 4 heteroatoms. The number of pyridine rings is 1.